The Balaban J connectivity index is 2.66. The lowest BCUT2D eigenvalue weighted by atomic mass is 10.2. The summed E-state index contributed by atoms with van der Waals surface area (Å²) >= 11 is 3.29. The second-order valence-electron chi connectivity index (χ2n) is 3.66. The number of rotatable bonds is 7. The molecule has 0 aliphatic carbocycles. The van der Waals surface area contributed by atoms with Crippen LogP contribution in [0.25, 0.3) is 0 Å². The van der Waals surface area contributed by atoms with Crippen LogP contribution in [0.5, 0.6) is 5.75 Å². The Labute approximate surface area is 114 Å². The van der Waals surface area contributed by atoms with Gasteiger partial charge < -0.3 is 4.74 Å². The van der Waals surface area contributed by atoms with E-state index in [2.05, 4.69) is 15.9 Å². The number of nitrogens with zero attached hydrogens (tertiary/aromatic N) is 2. The molecule has 0 spiro atoms. The van der Waals surface area contributed by atoms with Crippen molar-refractivity contribution in [3.8, 4) is 11.8 Å². The van der Waals surface area contributed by atoms with E-state index in [-0.39, 0.29) is 11.4 Å². The molecular weight excluding hydrogens is 300 g/mol. The molecule has 6 heteroatoms. The van der Waals surface area contributed by atoms with Crippen molar-refractivity contribution in [1.82, 2.24) is 0 Å². The lowest BCUT2D eigenvalue weighted by Gasteiger charge is -2.07. The molecule has 0 bridgehead atoms. The van der Waals surface area contributed by atoms with Crippen LogP contribution >= 0.6 is 15.9 Å². The van der Waals surface area contributed by atoms with Gasteiger partial charge in [-0.05, 0) is 24.5 Å². The van der Waals surface area contributed by atoms with Gasteiger partial charge in [-0.15, -0.1) is 0 Å². The number of nitro groups is 1. The zero-order valence-corrected chi connectivity index (χ0v) is 11.4. The van der Waals surface area contributed by atoms with Gasteiger partial charge in [0.15, 0.2) is 5.75 Å². The van der Waals surface area contributed by atoms with Crippen LogP contribution in [0.3, 0.4) is 0 Å². The minimum atomic E-state index is -0.456. The number of ether oxygens (including phenoxy) is 1. The third-order valence-electron chi connectivity index (χ3n) is 2.32. The van der Waals surface area contributed by atoms with E-state index in [9.17, 15) is 10.1 Å². The van der Waals surface area contributed by atoms with Gasteiger partial charge in [0.05, 0.1) is 17.6 Å². The number of nitriles is 1. The van der Waals surface area contributed by atoms with Crippen molar-refractivity contribution in [1.29, 1.82) is 5.26 Å². The van der Waals surface area contributed by atoms with Gasteiger partial charge in [-0.25, -0.2) is 0 Å². The summed E-state index contributed by atoms with van der Waals surface area (Å²) < 4.78 is 5.42. The fourth-order valence-corrected chi connectivity index (χ4v) is 1.75. The molecule has 1 rings (SSSR count). The van der Waals surface area contributed by atoms with Gasteiger partial charge in [0.2, 0.25) is 0 Å². The molecule has 0 fully saturated rings. The molecule has 0 atom stereocenters. The van der Waals surface area contributed by atoms with Crippen molar-refractivity contribution in [2.24, 2.45) is 0 Å². The highest BCUT2D eigenvalue weighted by atomic mass is 79.9. The lowest BCUT2D eigenvalue weighted by Crippen LogP contribution is -2.01. The van der Waals surface area contributed by atoms with E-state index in [1.807, 2.05) is 6.07 Å². The number of benzene rings is 1. The van der Waals surface area contributed by atoms with Gasteiger partial charge in [-0.2, -0.15) is 5.26 Å². The minimum Gasteiger partial charge on any atom is -0.487 e. The average molecular weight is 313 g/mol. The maximum atomic E-state index is 10.8. The molecular formula is C12H13BrN2O3. The van der Waals surface area contributed by atoms with Crippen molar-refractivity contribution < 1.29 is 9.66 Å². The largest absolute Gasteiger partial charge is 0.487 e. The Bertz CT molecular complexity index is 457. The molecule has 1 aromatic carbocycles. The summed E-state index contributed by atoms with van der Waals surface area (Å²) in [7, 11) is 0. The number of unbranched alkanes of at least 4 members (excludes halogenated alkanes) is 2. The Kier molecular flexibility index (Phi) is 6.15. The summed E-state index contributed by atoms with van der Waals surface area (Å²) in [5, 5.41) is 19.8. The predicted molar refractivity (Wildman–Crippen MR) is 70.7 cm³/mol. The van der Waals surface area contributed by atoms with Gasteiger partial charge in [-0.3, -0.25) is 10.1 Å². The van der Waals surface area contributed by atoms with Crippen LogP contribution in [0, 0.1) is 21.4 Å². The fourth-order valence-electron chi connectivity index (χ4n) is 1.40. The van der Waals surface area contributed by atoms with E-state index >= 15 is 0 Å². The molecule has 0 aliphatic heterocycles. The first-order valence-corrected chi connectivity index (χ1v) is 6.64. The van der Waals surface area contributed by atoms with Crippen LogP contribution in [0.4, 0.5) is 5.69 Å². The van der Waals surface area contributed by atoms with Crippen LogP contribution in [-0.4, -0.2) is 11.5 Å². The molecule has 0 heterocycles. The van der Waals surface area contributed by atoms with Gasteiger partial charge in [0.25, 0.3) is 0 Å². The van der Waals surface area contributed by atoms with Crippen LogP contribution in [0.2, 0.25) is 0 Å². The number of hydrogen-bond donors (Lipinski definition) is 0. The number of alkyl halides is 1. The molecule has 18 heavy (non-hydrogen) atoms. The molecule has 5 nitrogen and oxygen atoms in total. The summed E-state index contributed by atoms with van der Waals surface area (Å²) in [6.07, 6.45) is 1.93. The van der Waals surface area contributed by atoms with E-state index in [0.717, 1.165) is 12.0 Å². The zero-order chi connectivity index (χ0) is 13.4. The SMILES string of the molecule is N#CCCCCOc1cc(CBr)ccc1[N+](=O)[O-]. The van der Waals surface area contributed by atoms with E-state index in [4.69, 9.17) is 10.00 Å². The molecule has 0 unspecified atom stereocenters. The van der Waals surface area contributed by atoms with Crippen molar-refractivity contribution >= 4 is 21.6 Å². The molecule has 0 aliphatic rings. The molecule has 0 aromatic heterocycles. The van der Waals surface area contributed by atoms with E-state index in [1.54, 1.807) is 12.1 Å². The monoisotopic (exact) mass is 312 g/mol. The summed E-state index contributed by atoms with van der Waals surface area (Å²) in [4.78, 5) is 10.4. The molecule has 1 aromatic rings. The highest BCUT2D eigenvalue weighted by molar-refractivity contribution is 9.08. The molecule has 0 N–H and O–H groups in total. The standard InChI is InChI=1S/C12H13BrN2O3/c13-9-10-4-5-11(15(16)17)12(8-10)18-7-3-1-2-6-14/h4-5,8H,1-3,7,9H2. The number of hydrogen-bond acceptors (Lipinski definition) is 4. The van der Waals surface area contributed by atoms with Crippen molar-refractivity contribution in [3.05, 3.63) is 33.9 Å². The Morgan fingerprint density at radius 2 is 2.22 bits per heavy atom. The Hall–Kier alpha value is -1.61. The first-order chi connectivity index (χ1) is 8.69. The molecule has 0 saturated carbocycles. The van der Waals surface area contributed by atoms with Crippen molar-refractivity contribution in [2.75, 3.05) is 6.61 Å². The lowest BCUT2D eigenvalue weighted by molar-refractivity contribution is -0.385. The van der Waals surface area contributed by atoms with Gasteiger partial charge >= 0.3 is 5.69 Å². The highest BCUT2D eigenvalue weighted by Crippen LogP contribution is 2.28. The average Bonchev–Trinajstić information content (AvgIpc) is 2.38. The van der Waals surface area contributed by atoms with Crippen molar-refractivity contribution in [3.63, 3.8) is 0 Å². The fraction of sp³-hybridized carbons (Fsp3) is 0.417. The normalized spacial score (nSPS) is 9.78. The Morgan fingerprint density at radius 1 is 1.44 bits per heavy atom. The van der Waals surface area contributed by atoms with Crippen LogP contribution in [0.1, 0.15) is 24.8 Å². The number of halogens is 1. The van der Waals surface area contributed by atoms with Crippen LogP contribution in [-0.2, 0) is 5.33 Å². The van der Waals surface area contributed by atoms with E-state index in [0.29, 0.717) is 24.8 Å². The summed E-state index contributed by atoms with van der Waals surface area (Å²) in [6.45, 7) is 0.383. The Morgan fingerprint density at radius 3 is 2.83 bits per heavy atom. The minimum absolute atomic E-state index is 0.0278. The molecule has 96 valence electrons. The summed E-state index contributed by atoms with van der Waals surface area (Å²) in [6, 6.07) is 6.84. The van der Waals surface area contributed by atoms with Gasteiger partial charge in [-0.1, -0.05) is 22.0 Å². The first kappa shape index (κ1) is 14.5. The number of nitro benzene ring substituents is 1. The maximum absolute atomic E-state index is 10.8. The van der Waals surface area contributed by atoms with E-state index < -0.39 is 4.92 Å². The third kappa shape index (κ3) is 4.34. The van der Waals surface area contributed by atoms with Gasteiger partial charge in [0.1, 0.15) is 0 Å². The molecule has 0 amide bonds. The second kappa shape index (κ2) is 7.67. The zero-order valence-electron chi connectivity index (χ0n) is 9.76. The van der Waals surface area contributed by atoms with Crippen molar-refractivity contribution in [2.45, 2.75) is 24.6 Å². The molecule has 0 radical (unpaired) electrons. The molecule has 0 saturated heterocycles. The topological polar surface area (TPSA) is 76.2 Å². The summed E-state index contributed by atoms with van der Waals surface area (Å²) in [5.41, 5.74) is 0.896. The van der Waals surface area contributed by atoms with Crippen LogP contribution < -0.4 is 4.74 Å². The second-order valence-corrected chi connectivity index (χ2v) is 4.22. The first-order valence-electron chi connectivity index (χ1n) is 5.52. The van der Waals surface area contributed by atoms with E-state index in [1.165, 1.54) is 6.07 Å². The predicted octanol–water partition coefficient (Wildman–Crippen LogP) is 3.56. The quantitative estimate of drug-likeness (QED) is 0.334. The van der Waals surface area contributed by atoms with Gasteiger partial charge in [0, 0.05) is 17.8 Å². The third-order valence-corrected chi connectivity index (χ3v) is 2.96. The van der Waals surface area contributed by atoms with Crippen LogP contribution in [0.15, 0.2) is 18.2 Å². The summed E-state index contributed by atoms with van der Waals surface area (Å²) in [5.74, 6) is 0.286. The smallest absolute Gasteiger partial charge is 0.310 e. The maximum Gasteiger partial charge on any atom is 0.310 e. The highest BCUT2D eigenvalue weighted by Gasteiger charge is 2.15.